The number of fused-ring (bicyclic) bond motifs is 1. The third-order valence-electron chi connectivity index (χ3n) is 10.6. The van der Waals surface area contributed by atoms with E-state index in [9.17, 15) is 13.6 Å². The molecule has 1 fully saturated rings. The molecule has 1 heterocycles. The fourth-order valence-electron chi connectivity index (χ4n) is 7.72. The van der Waals surface area contributed by atoms with Crippen molar-refractivity contribution >= 4 is 11.9 Å². The van der Waals surface area contributed by atoms with Gasteiger partial charge in [-0.2, -0.15) is 0 Å². The highest BCUT2D eigenvalue weighted by Crippen LogP contribution is 2.32. The Morgan fingerprint density at radius 2 is 1.35 bits per heavy atom. The molecule has 5 aromatic rings. The van der Waals surface area contributed by atoms with Crippen molar-refractivity contribution in [3.8, 4) is 5.75 Å². The summed E-state index contributed by atoms with van der Waals surface area (Å²) in [6.07, 6.45) is 5.77. The molecule has 0 saturated carbocycles. The van der Waals surface area contributed by atoms with Crippen molar-refractivity contribution in [1.29, 1.82) is 0 Å². The minimum atomic E-state index is -0.257. The molecule has 0 radical (unpaired) electrons. The van der Waals surface area contributed by atoms with Crippen molar-refractivity contribution in [3.63, 3.8) is 0 Å². The van der Waals surface area contributed by atoms with Crippen LogP contribution < -0.4 is 4.74 Å². The van der Waals surface area contributed by atoms with Crippen LogP contribution in [0.2, 0.25) is 0 Å². The quantitative estimate of drug-likeness (QED) is 0.0795. The van der Waals surface area contributed by atoms with E-state index >= 15 is 0 Å². The molecule has 0 amide bonds. The predicted octanol–water partition coefficient (Wildman–Crippen LogP) is 9.38. The number of ketones is 1. The summed E-state index contributed by atoms with van der Waals surface area (Å²) in [5, 5.41) is 0. The molecule has 278 valence electrons. The molecule has 7 heteroatoms. The Labute approximate surface area is 318 Å². The maximum atomic E-state index is 13.7. The van der Waals surface area contributed by atoms with E-state index in [0.717, 1.165) is 104 Å². The minimum Gasteiger partial charge on any atom is -0.494 e. The van der Waals surface area contributed by atoms with Gasteiger partial charge in [0, 0.05) is 56.8 Å². The van der Waals surface area contributed by atoms with Crippen molar-refractivity contribution in [2.45, 2.75) is 44.8 Å². The van der Waals surface area contributed by atoms with E-state index in [1.165, 1.54) is 35.4 Å². The highest BCUT2D eigenvalue weighted by atomic mass is 19.1. The zero-order valence-corrected chi connectivity index (χ0v) is 31.1. The van der Waals surface area contributed by atoms with Crippen molar-refractivity contribution < 1.29 is 18.3 Å². The smallest absolute Gasteiger partial charge is 0.189 e. The molecule has 54 heavy (non-hydrogen) atoms. The van der Waals surface area contributed by atoms with E-state index in [2.05, 4.69) is 70.3 Å². The van der Waals surface area contributed by atoms with Crippen LogP contribution in [-0.2, 0) is 19.5 Å². The number of carbonyl (C=O) groups is 1. The summed E-state index contributed by atoms with van der Waals surface area (Å²) in [4.78, 5) is 20.6. The van der Waals surface area contributed by atoms with Gasteiger partial charge in [0.25, 0.3) is 0 Å². The van der Waals surface area contributed by atoms with Gasteiger partial charge in [0.15, 0.2) is 5.78 Å². The Bertz CT molecular complexity index is 1960. The van der Waals surface area contributed by atoms with Crippen LogP contribution >= 0.6 is 0 Å². The van der Waals surface area contributed by atoms with E-state index in [0.29, 0.717) is 13.0 Å². The highest BCUT2D eigenvalue weighted by Gasteiger charge is 2.27. The number of halogens is 2. The number of benzene rings is 5. The largest absolute Gasteiger partial charge is 0.494 e. The first-order chi connectivity index (χ1) is 26.4. The molecule has 0 atom stereocenters. The molecule has 0 unspecified atom stereocenters. The van der Waals surface area contributed by atoms with Crippen molar-refractivity contribution in [2.24, 2.45) is 0 Å². The number of rotatable bonds is 15. The predicted molar refractivity (Wildman–Crippen MR) is 213 cm³/mol. The standard InChI is InChI=1S/C47H49F2N3O2/c1-50(33-36-8-4-2-5-9-36)34-37-12-10-35(11-13-37)30-41-31-40-18-23-44(32-45(40)47(41)53)54-29-7-3-6-24-51-25-27-52(28-26-51)46(38-14-19-42(48)20-15-38)39-16-21-43(49)22-17-39/h2,4-5,8-23,30,32,46H,3,6-7,24-29,31,33-34H2,1H3/b41-30+. The maximum absolute atomic E-state index is 13.7. The molecule has 1 aliphatic heterocycles. The van der Waals surface area contributed by atoms with Crippen molar-refractivity contribution in [3.05, 3.63) is 177 Å². The van der Waals surface area contributed by atoms with Gasteiger partial charge in [0.1, 0.15) is 17.4 Å². The van der Waals surface area contributed by atoms with E-state index in [4.69, 9.17) is 4.74 Å². The Morgan fingerprint density at radius 1 is 0.722 bits per heavy atom. The number of unbranched alkanes of at least 4 members (excludes halogenated alkanes) is 2. The average Bonchev–Trinajstić information content (AvgIpc) is 3.49. The van der Waals surface area contributed by atoms with Gasteiger partial charge in [0.05, 0.1) is 12.6 Å². The van der Waals surface area contributed by atoms with E-state index in [-0.39, 0.29) is 23.5 Å². The van der Waals surface area contributed by atoms with Crippen LogP contribution in [0.5, 0.6) is 5.75 Å². The SMILES string of the molecule is CN(Cc1ccccc1)Cc1ccc(/C=C2\Cc3ccc(OCCCCCN4CCN(C(c5ccc(F)cc5)c5ccc(F)cc5)CC4)cc3C2=O)cc1. The molecule has 2 aliphatic rings. The van der Waals surface area contributed by atoms with Gasteiger partial charge in [-0.15, -0.1) is 0 Å². The molecule has 0 N–H and O–H groups in total. The van der Waals surface area contributed by atoms with Gasteiger partial charge in [-0.25, -0.2) is 8.78 Å². The van der Waals surface area contributed by atoms with Gasteiger partial charge < -0.3 is 9.64 Å². The first-order valence-corrected chi connectivity index (χ1v) is 19.2. The highest BCUT2D eigenvalue weighted by molar-refractivity contribution is 6.15. The number of ether oxygens (including phenoxy) is 1. The third kappa shape index (κ3) is 9.77. The lowest BCUT2D eigenvalue weighted by atomic mass is 9.96. The van der Waals surface area contributed by atoms with Crippen molar-refractivity contribution in [1.82, 2.24) is 14.7 Å². The van der Waals surface area contributed by atoms with Gasteiger partial charge in [-0.1, -0.05) is 84.9 Å². The van der Waals surface area contributed by atoms with Crippen LogP contribution in [0.25, 0.3) is 6.08 Å². The second-order valence-electron chi connectivity index (χ2n) is 14.7. The maximum Gasteiger partial charge on any atom is 0.189 e. The minimum absolute atomic E-state index is 0.0385. The Hall–Kier alpha value is -4.95. The molecule has 1 saturated heterocycles. The normalized spacial score (nSPS) is 15.7. The molecule has 0 spiro atoms. The first-order valence-electron chi connectivity index (χ1n) is 19.2. The summed E-state index contributed by atoms with van der Waals surface area (Å²) in [7, 11) is 2.13. The van der Waals surface area contributed by atoms with E-state index < -0.39 is 0 Å². The molecule has 5 aromatic carbocycles. The fourth-order valence-corrected chi connectivity index (χ4v) is 7.72. The Kier molecular flexibility index (Phi) is 12.4. The summed E-state index contributed by atoms with van der Waals surface area (Å²) in [6.45, 7) is 7.08. The lowest BCUT2D eigenvalue weighted by Gasteiger charge is -2.40. The second kappa shape index (κ2) is 17.9. The number of allylic oxidation sites excluding steroid dienone is 1. The van der Waals surface area contributed by atoms with E-state index in [1.54, 1.807) is 0 Å². The summed E-state index contributed by atoms with van der Waals surface area (Å²) < 4.78 is 33.5. The summed E-state index contributed by atoms with van der Waals surface area (Å²) in [5.74, 6) is 0.324. The van der Waals surface area contributed by atoms with Gasteiger partial charge in [-0.3, -0.25) is 14.6 Å². The molecular weight excluding hydrogens is 677 g/mol. The Balaban J connectivity index is 0.828. The third-order valence-corrected chi connectivity index (χ3v) is 10.6. The van der Waals surface area contributed by atoms with Gasteiger partial charge in [0.2, 0.25) is 0 Å². The zero-order valence-electron chi connectivity index (χ0n) is 31.1. The molecule has 5 nitrogen and oxygen atoms in total. The summed E-state index contributed by atoms with van der Waals surface area (Å²) >= 11 is 0. The number of carbonyl (C=O) groups excluding carboxylic acids is 1. The van der Waals surface area contributed by atoms with Gasteiger partial charge in [-0.05, 0) is 109 Å². The number of Topliss-reactive ketones (excluding diaryl/α,β-unsaturated/α-hetero) is 1. The van der Waals surface area contributed by atoms with Crippen molar-refractivity contribution in [2.75, 3.05) is 46.4 Å². The molecule has 0 aromatic heterocycles. The van der Waals surface area contributed by atoms with Gasteiger partial charge >= 0.3 is 0 Å². The number of nitrogens with zero attached hydrogens (tertiary/aromatic N) is 3. The van der Waals surface area contributed by atoms with Crippen LogP contribution in [0.15, 0.2) is 127 Å². The summed E-state index contributed by atoms with van der Waals surface area (Å²) in [6, 6.07) is 38.2. The number of hydrogen-bond acceptors (Lipinski definition) is 5. The Morgan fingerprint density at radius 3 is 2.00 bits per heavy atom. The van der Waals surface area contributed by atoms with Crippen LogP contribution in [0, 0.1) is 11.6 Å². The first kappa shape index (κ1) is 37.4. The summed E-state index contributed by atoms with van der Waals surface area (Å²) in [5.41, 5.74) is 8.23. The topological polar surface area (TPSA) is 36.0 Å². The molecule has 7 rings (SSSR count). The van der Waals surface area contributed by atoms with E-state index in [1.807, 2.05) is 54.6 Å². The second-order valence-corrected chi connectivity index (χ2v) is 14.7. The van der Waals surface area contributed by atoms with Crippen LogP contribution in [0.3, 0.4) is 0 Å². The fraction of sp³-hybridized carbons (Fsp3) is 0.298. The molecule has 0 bridgehead atoms. The lowest BCUT2D eigenvalue weighted by Crippen LogP contribution is -2.48. The molecule has 1 aliphatic carbocycles. The van der Waals surface area contributed by atoms with Crippen LogP contribution in [0.4, 0.5) is 8.78 Å². The zero-order chi connectivity index (χ0) is 37.3. The average molecular weight is 726 g/mol. The number of hydrogen-bond donors (Lipinski definition) is 0. The van der Waals surface area contributed by atoms with Crippen LogP contribution in [0.1, 0.15) is 69.0 Å². The number of piperazine rings is 1. The van der Waals surface area contributed by atoms with Crippen LogP contribution in [-0.4, -0.2) is 66.9 Å². The molecular formula is C47H49F2N3O2. The lowest BCUT2D eigenvalue weighted by molar-refractivity contribution is 0.104. The monoisotopic (exact) mass is 725 g/mol.